The van der Waals surface area contributed by atoms with Gasteiger partial charge in [-0.1, -0.05) is 32.0 Å². The predicted octanol–water partition coefficient (Wildman–Crippen LogP) is 4.01. The van der Waals surface area contributed by atoms with Crippen molar-refractivity contribution in [2.45, 2.75) is 31.2 Å². The minimum Gasteiger partial charge on any atom is -0.380 e. The standard InChI is InChI=1S/C20H22N4O2S/c1-15(2)17-5-8-19(9-6-17)27(25,26)24-20-10-7-18(14-23-20)22-13-16-4-3-11-21-12-16/h3-12,14-15,22H,13H2,1-2H3,(H,23,24). The highest BCUT2D eigenvalue weighted by molar-refractivity contribution is 7.92. The number of pyridine rings is 2. The molecule has 2 N–H and O–H groups in total. The third kappa shape index (κ3) is 5.04. The maximum absolute atomic E-state index is 12.5. The molecule has 1 aromatic carbocycles. The van der Waals surface area contributed by atoms with Crippen molar-refractivity contribution in [2.24, 2.45) is 0 Å². The van der Waals surface area contributed by atoms with Crippen molar-refractivity contribution in [3.63, 3.8) is 0 Å². The van der Waals surface area contributed by atoms with E-state index in [1.54, 1.807) is 42.9 Å². The first-order valence-corrected chi connectivity index (χ1v) is 10.1. The molecule has 0 saturated heterocycles. The lowest BCUT2D eigenvalue weighted by Gasteiger charge is -2.10. The third-order valence-corrected chi connectivity index (χ3v) is 5.45. The summed E-state index contributed by atoms with van der Waals surface area (Å²) in [4.78, 5) is 8.46. The van der Waals surface area contributed by atoms with Crippen LogP contribution in [0, 0.1) is 0 Å². The van der Waals surface area contributed by atoms with Crippen LogP contribution < -0.4 is 10.0 Å². The Morgan fingerprint density at radius 1 is 1.00 bits per heavy atom. The van der Waals surface area contributed by atoms with Crippen LogP contribution >= 0.6 is 0 Å². The largest absolute Gasteiger partial charge is 0.380 e. The molecule has 0 aliphatic carbocycles. The fourth-order valence-electron chi connectivity index (χ4n) is 2.49. The predicted molar refractivity (Wildman–Crippen MR) is 107 cm³/mol. The molecule has 0 radical (unpaired) electrons. The highest BCUT2D eigenvalue weighted by Gasteiger charge is 2.15. The Morgan fingerprint density at radius 3 is 2.37 bits per heavy atom. The maximum atomic E-state index is 12.5. The molecule has 2 heterocycles. The minimum atomic E-state index is -3.67. The number of anilines is 2. The molecule has 0 aliphatic rings. The molecule has 0 aliphatic heterocycles. The van der Waals surface area contributed by atoms with Crippen molar-refractivity contribution in [3.8, 4) is 0 Å². The van der Waals surface area contributed by atoms with Crippen LogP contribution in [0.3, 0.4) is 0 Å². The second-order valence-electron chi connectivity index (χ2n) is 6.48. The van der Waals surface area contributed by atoms with Gasteiger partial charge in [0.25, 0.3) is 10.0 Å². The van der Waals surface area contributed by atoms with E-state index in [1.165, 1.54) is 0 Å². The van der Waals surface area contributed by atoms with Gasteiger partial charge in [-0.2, -0.15) is 0 Å². The molecule has 0 unspecified atom stereocenters. The molecule has 7 heteroatoms. The Bertz CT molecular complexity index is 971. The number of rotatable bonds is 7. The number of hydrogen-bond acceptors (Lipinski definition) is 5. The molecule has 3 rings (SSSR count). The Hall–Kier alpha value is -2.93. The summed E-state index contributed by atoms with van der Waals surface area (Å²) in [5.41, 5.74) is 2.94. The normalized spacial score (nSPS) is 11.4. The van der Waals surface area contributed by atoms with Crippen molar-refractivity contribution in [2.75, 3.05) is 10.0 Å². The molecule has 3 aromatic rings. The number of nitrogens with zero attached hydrogens (tertiary/aromatic N) is 2. The summed E-state index contributed by atoms with van der Waals surface area (Å²) in [5, 5.41) is 3.22. The quantitative estimate of drug-likeness (QED) is 0.645. The van der Waals surface area contributed by atoms with Crippen LogP contribution in [0.2, 0.25) is 0 Å². The summed E-state index contributed by atoms with van der Waals surface area (Å²) in [6, 6.07) is 14.1. The monoisotopic (exact) mass is 382 g/mol. The van der Waals surface area contributed by atoms with Gasteiger partial charge in [0.05, 0.1) is 16.8 Å². The second kappa shape index (κ2) is 8.18. The van der Waals surface area contributed by atoms with E-state index in [0.29, 0.717) is 12.5 Å². The first-order chi connectivity index (χ1) is 12.9. The Balaban J connectivity index is 1.64. The molecule has 0 saturated carbocycles. The topological polar surface area (TPSA) is 84.0 Å². The number of nitrogens with one attached hydrogen (secondary N) is 2. The summed E-state index contributed by atoms with van der Waals surface area (Å²) in [6.45, 7) is 4.74. The van der Waals surface area contributed by atoms with Crippen molar-refractivity contribution in [1.29, 1.82) is 0 Å². The van der Waals surface area contributed by atoms with E-state index in [0.717, 1.165) is 16.8 Å². The van der Waals surface area contributed by atoms with Crippen LogP contribution in [-0.4, -0.2) is 18.4 Å². The zero-order valence-corrected chi connectivity index (χ0v) is 16.1. The summed E-state index contributed by atoms with van der Waals surface area (Å²) in [6.07, 6.45) is 5.10. The molecule has 0 spiro atoms. The van der Waals surface area contributed by atoms with Crippen LogP contribution in [0.5, 0.6) is 0 Å². The summed E-state index contributed by atoms with van der Waals surface area (Å²) >= 11 is 0. The van der Waals surface area contributed by atoms with E-state index in [-0.39, 0.29) is 10.7 Å². The van der Waals surface area contributed by atoms with Crippen LogP contribution in [-0.2, 0) is 16.6 Å². The minimum absolute atomic E-state index is 0.215. The van der Waals surface area contributed by atoms with Gasteiger partial charge in [0, 0.05) is 18.9 Å². The lowest BCUT2D eigenvalue weighted by molar-refractivity contribution is 0.601. The van der Waals surface area contributed by atoms with E-state index in [4.69, 9.17) is 0 Å². The number of sulfonamides is 1. The third-order valence-electron chi connectivity index (χ3n) is 4.08. The van der Waals surface area contributed by atoms with Crippen LogP contribution in [0.1, 0.15) is 30.9 Å². The molecule has 0 bridgehead atoms. The van der Waals surface area contributed by atoms with Crippen LogP contribution in [0.15, 0.2) is 72.0 Å². The average Bonchev–Trinajstić information content (AvgIpc) is 2.68. The van der Waals surface area contributed by atoms with Gasteiger partial charge >= 0.3 is 0 Å². The molecule has 27 heavy (non-hydrogen) atoms. The second-order valence-corrected chi connectivity index (χ2v) is 8.16. The molecular weight excluding hydrogens is 360 g/mol. The molecule has 0 atom stereocenters. The zero-order chi connectivity index (χ0) is 19.3. The Kier molecular flexibility index (Phi) is 5.71. The van der Waals surface area contributed by atoms with Gasteiger partial charge in [0.15, 0.2) is 0 Å². The van der Waals surface area contributed by atoms with E-state index >= 15 is 0 Å². The number of benzene rings is 1. The van der Waals surface area contributed by atoms with Gasteiger partial charge in [-0.15, -0.1) is 0 Å². The highest BCUT2D eigenvalue weighted by Crippen LogP contribution is 2.20. The smallest absolute Gasteiger partial charge is 0.263 e. The number of hydrogen-bond donors (Lipinski definition) is 2. The van der Waals surface area contributed by atoms with E-state index in [1.807, 2.05) is 24.3 Å². The van der Waals surface area contributed by atoms with Gasteiger partial charge in [-0.25, -0.2) is 13.4 Å². The first kappa shape index (κ1) is 18.8. The lowest BCUT2D eigenvalue weighted by Crippen LogP contribution is -2.14. The Morgan fingerprint density at radius 2 is 1.78 bits per heavy atom. The van der Waals surface area contributed by atoms with Gasteiger partial charge in [0.1, 0.15) is 5.82 Å². The van der Waals surface area contributed by atoms with Crippen LogP contribution in [0.4, 0.5) is 11.5 Å². The van der Waals surface area contributed by atoms with Crippen molar-refractivity contribution in [1.82, 2.24) is 9.97 Å². The van der Waals surface area contributed by atoms with E-state index < -0.39 is 10.0 Å². The van der Waals surface area contributed by atoms with Gasteiger partial charge in [-0.05, 0) is 47.4 Å². The lowest BCUT2D eigenvalue weighted by atomic mass is 10.0. The summed E-state index contributed by atoms with van der Waals surface area (Å²) < 4.78 is 27.5. The van der Waals surface area contributed by atoms with Gasteiger partial charge in [-0.3, -0.25) is 9.71 Å². The highest BCUT2D eigenvalue weighted by atomic mass is 32.2. The summed E-state index contributed by atoms with van der Waals surface area (Å²) in [7, 11) is -3.67. The summed E-state index contributed by atoms with van der Waals surface area (Å²) in [5.74, 6) is 0.623. The molecule has 6 nitrogen and oxygen atoms in total. The van der Waals surface area contributed by atoms with Crippen molar-refractivity contribution < 1.29 is 8.42 Å². The fraction of sp³-hybridized carbons (Fsp3) is 0.200. The molecule has 140 valence electrons. The van der Waals surface area contributed by atoms with Gasteiger partial charge in [0.2, 0.25) is 0 Å². The fourth-order valence-corrected chi connectivity index (χ4v) is 3.50. The van der Waals surface area contributed by atoms with E-state index in [9.17, 15) is 8.42 Å². The molecular formula is C20H22N4O2S. The Labute approximate surface area is 159 Å². The van der Waals surface area contributed by atoms with Crippen LogP contribution in [0.25, 0.3) is 0 Å². The number of aromatic nitrogens is 2. The SMILES string of the molecule is CC(C)c1ccc(S(=O)(=O)Nc2ccc(NCc3cccnc3)cn2)cc1. The average molecular weight is 382 g/mol. The molecule has 2 aromatic heterocycles. The van der Waals surface area contributed by atoms with Gasteiger partial charge < -0.3 is 5.32 Å². The zero-order valence-electron chi connectivity index (χ0n) is 15.3. The molecule has 0 amide bonds. The first-order valence-electron chi connectivity index (χ1n) is 8.66. The van der Waals surface area contributed by atoms with Crippen molar-refractivity contribution >= 4 is 21.5 Å². The van der Waals surface area contributed by atoms with E-state index in [2.05, 4.69) is 33.9 Å². The maximum Gasteiger partial charge on any atom is 0.263 e. The molecule has 0 fully saturated rings. The van der Waals surface area contributed by atoms with Crippen molar-refractivity contribution in [3.05, 3.63) is 78.2 Å².